The van der Waals surface area contributed by atoms with Gasteiger partial charge in [0, 0.05) is 61.6 Å². The molecule has 39 heavy (non-hydrogen) atoms. The van der Waals surface area contributed by atoms with Crippen molar-refractivity contribution in [2.75, 3.05) is 36.0 Å². The Kier molecular flexibility index (Phi) is 7.34. The molecule has 1 saturated carbocycles. The molecule has 1 aliphatic carbocycles. The van der Waals surface area contributed by atoms with Gasteiger partial charge >= 0.3 is 0 Å². The van der Waals surface area contributed by atoms with E-state index in [1.807, 2.05) is 36.5 Å². The maximum absolute atomic E-state index is 12.0. The number of rotatable bonds is 4. The minimum atomic E-state index is 0.0857. The Hall–Kier alpha value is -3.69. The number of fused-ring (bicyclic) bond motifs is 2. The minimum absolute atomic E-state index is 0.0857. The zero-order valence-corrected chi connectivity index (χ0v) is 22.7. The van der Waals surface area contributed by atoms with Crippen LogP contribution >= 0.6 is 0 Å². The van der Waals surface area contributed by atoms with Crippen molar-refractivity contribution in [2.45, 2.75) is 51.1 Å². The van der Waals surface area contributed by atoms with Crippen molar-refractivity contribution in [1.82, 2.24) is 10.3 Å². The average molecular weight is 520 g/mol. The average Bonchev–Trinajstić information content (AvgIpc) is 2.98. The van der Waals surface area contributed by atoms with Crippen LogP contribution in [0.4, 0.5) is 11.5 Å². The fraction of sp³-hybridized carbons (Fsp3) is 0.424. The van der Waals surface area contributed by atoms with E-state index in [4.69, 9.17) is 4.98 Å². The number of carbonyl (C=O) groups excluding carboxylic acids is 1. The molecule has 4 unspecified atom stereocenters. The predicted molar refractivity (Wildman–Crippen MR) is 156 cm³/mol. The van der Waals surface area contributed by atoms with Crippen molar-refractivity contribution in [3.05, 3.63) is 78.0 Å². The van der Waals surface area contributed by atoms with E-state index in [0.717, 1.165) is 55.1 Å². The van der Waals surface area contributed by atoms with E-state index in [1.165, 1.54) is 31.4 Å². The number of anilines is 2. The summed E-state index contributed by atoms with van der Waals surface area (Å²) in [4.78, 5) is 22.1. The molecule has 1 N–H and O–H groups in total. The van der Waals surface area contributed by atoms with Gasteiger partial charge in [0.2, 0.25) is 0 Å². The van der Waals surface area contributed by atoms with Crippen molar-refractivity contribution < 1.29 is 4.79 Å². The van der Waals surface area contributed by atoms with Crippen LogP contribution in [0.2, 0.25) is 0 Å². The first-order valence-electron chi connectivity index (χ1n) is 14.4. The number of hydrogen-bond acceptors (Lipinski definition) is 6. The Morgan fingerprint density at radius 1 is 0.974 bits per heavy atom. The molecule has 6 heteroatoms. The lowest BCUT2D eigenvalue weighted by Gasteiger charge is -2.50. The number of Topliss-reactive ketones (excluding diaryl/α,β-unsaturated/α-hetero) is 1. The molecule has 2 aliphatic heterocycles. The highest BCUT2D eigenvalue weighted by Gasteiger charge is 2.39. The molecule has 0 spiro atoms. The van der Waals surface area contributed by atoms with Gasteiger partial charge < -0.3 is 15.1 Å². The van der Waals surface area contributed by atoms with Gasteiger partial charge in [0.25, 0.3) is 0 Å². The lowest BCUT2D eigenvalue weighted by Crippen LogP contribution is -2.60. The first-order chi connectivity index (χ1) is 19.1. The summed E-state index contributed by atoms with van der Waals surface area (Å²) in [5, 5.41) is 13.2. The monoisotopic (exact) mass is 519 g/mol. The van der Waals surface area contributed by atoms with Gasteiger partial charge in [-0.15, -0.1) is 0 Å². The smallest absolute Gasteiger partial charge is 0.159 e. The summed E-state index contributed by atoms with van der Waals surface area (Å²) in [6, 6.07) is 23.4. The molecule has 3 heterocycles. The maximum Gasteiger partial charge on any atom is 0.159 e. The van der Waals surface area contributed by atoms with Crippen molar-refractivity contribution in [1.29, 1.82) is 5.26 Å². The number of piperidine rings is 1. The van der Waals surface area contributed by atoms with Crippen LogP contribution in [0.25, 0.3) is 11.1 Å². The van der Waals surface area contributed by atoms with Gasteiger partial charge in [-0.25, -0.2) is 4.98 Å². The summed E-state index contributed by atoms with van der Waals surface area (Å²) in [7, 11) is 0. The second-order valence-electron chi connectivity index (χ2n) is 11.5. The Labute approximate surface area is 231 Å². The number of nitriles is 1. The van der Waals surface area contributed by atoms with E-state index in [1.54, 1.807) is 6.92 Å². The number of nitrogens with one attached hydrogen (secondary N) is 1. The van der Waals surface area contributed by atoms with Crippen molar-refractivity contribution >= 4 is 17.3 Å². The third-order valence-corrected chi connectivity index (χ3v) is 9.08. The Morgan fingerprint density at radius 3 is 2.62 bits per heavy atom. The summed E-state index contributed by atoms with van der Waals surface area (Å²) in [5.41, 5.74) is 4.80. The Bertz CT molecular complexity index is 1360. The van der Waals surface area contributed by atoms with Crippen molar-refractivity contribution in [2.24, 2.45) is 11.8 Å². The van der Waals surface area contributed by atoms with Crippen LogP contribution < -0.4 is 15.1 Å². The molecule has 4 atom stereocenters. The molecule has 0 bridgehead atoms. The van der Waals surface area contributed by atoms with E-state index in [-0.39, 0.29) is 5.78 Å². The molecule has 2 saturated heterocycles. The van der Waals surface area contributed by atoms with Crippen LogP contribution in [0, 0.1) is 23.2 Å². The first kappa shape index (κ1) is 25.6. The Morgan fingerprint density at radius 2 is 1.79 bits per heavy atom. The molecule has 3 fully saturated rings. The fourth-order valence-corrected chi connectivity index (χ4v) is 6.93. The van der Waals surface area contributed by atoms with Crippen LogP contribution in [-0.2, 0) is 0 Å². The van der Waals surface area contributed by atoms with Gasteiger partial charge in [0.05, 0.1) is 11.6 Å². The summed E-state index contributed by atoms with van der Waals surface area (Å²) in [6.07, 6.45) is 8.13. The number of carbonyl (C=O) groups is 1. The lowest BCUT2D eigenvalue weighted by molar-refractivity contribution is 0.101. The van der Waals surface area contributed by atoms with Gasteiger partial charge in [0.15, 0.2) is 5.78 Å². The van der Waals surface area contributed by atoms with E-state index < -0.39 is 0 Å². The van der Waals surface area contributed by atoms with Gasteiger partial charge in [-0.2, -0.15) is 5.26 Å². The summed E-state index contributed by atoms with van der Waals surface area (Å²) < 4.78 is 0. The molecule has 6 rings (SSSR count). The van der Waals surface area contributed by atoms with E-state index in [9.17, 15) is 10.1 Å². The number of ketones is 1. The van der Waals surface area contributed by atoms with Gasteiger partial charge in [-0.05, 0) is 85.7 Å². The van der Waals surface area contributed by atoms with E-state index >= 15 is 0 Å². The minimum Gasteiger partial charge on any atom is -0.371 e. The fourth-order valence-electron chi connectivity index (χ4n) is 6.93. The van der Waals surface area contributed by atoms with Crippen molar-refractivity contribution in [3.8, 4) is 17.2 Å². The molecule has 1 aromatic heterocycles. The third kappa shape index (κ3) is 5.42. The topological polar surface area (TPSA) is 72.3 Å². The molecule has 0 radical (unpaired) electrons. The quantitative estimate of drug-likeness (QED) is 0.447. The highest BCUT2D eigenvalue weighted by atomic mass is 16.1. The third-order valence-electron chi connectivity index (χ3n) is 9.08. The number of pyridine rings is 1. The van der Waals surface area contributed by atoms with Crippen LogP contribution in [0.3, 0.4) is 0 Å². The molecule has 3 aromatic rings. The molecular formula is C33H37N5O. The van der Waals surface area contributed by atoms with E-state index in [2.05, 4.69) is 51.5 Å². The summed E-state index contributed by atoms with van der Waals surface area (Å²) >= 11 is 0. The summed E-state index contributed by atoms with van der Waals surface area (Å²) in [5.74, 6) is 2.22. The van der Waals surface area contributed by atoms with Crippen LogP contribution in [0.1, 0.15) is 54.9 Å². The maximum atomic E-state index is 12.0. The molecule has 3 aliphatic rings. The highest BCUT2D eigenvalue weighted by Crippen LogP contribution is 2.36. The van der Waals surface area contributed by atoms with Crippen LogP contribution in [-0.4, -0.2) is 49.0 Å². The molecule has 0 amide bonds. The second kappa shape index (κ2) is 11.2. The van der Waals surface area contributed by atoms with Crippen molar-refractivity contribution in [3.63, 3.8) is 0 Å². The SMILES string of the molecule is CC(=O)c1cccc(-c2ccnc(N3CC4CCCCC4NCC4CN(c5ccc(C#N)cc5)CCC43)c2)c1. The lowest BCUT2D eigenvalue weighted by atomic mass is 9.80. The number of aromatic nitrogens is 1. The van der Waals surface area contributed by atoms with Gasteiger partial charge in [-0.1, -0.05) is 31.0 Å². The number of hydrogen-bond donors (Lipinski definition) is 1. The zero-order chi connectivity index (χ0) is 26.8. The largest absolute Gasteiger partial charge is 0.371 e. The van der Waals surface area contributed by atoms with Gasteiger partial charge in [0.1, 0.15) is 5.82 Å². The number of nitrogens with zero attached hydrogens (tertiary/aromatic N) is 4. The molecule has 200 valence electrons. The van der Waals surface area contributed by atoms with Gasteiger partial charge in [-0.3, -0.25) is 4.79 Å². The number of benzene rings is 2. The zero-order valence-electron chi connectivity index (χ0n) is 22.7. The highest BCUT2D eigenvalue weighted by molar-refractivity contribution is 5.95. The van der Waals surface area contributed by atoms with Crippen LogP contribution in [0.15, 0.2) is 66.9 Å². The van der Waals surface area contributed by atoms with Crippen LogP contribution in [0.5, 0.6) is 0 Å². The van der Waals surface area contributed by atoms with E-state index in [0.29, 0.717) is 29.5 Å². The first-order valence-corrected chi connectivity index (χ1v) is 14.4. The normalized spacial score (nSPS) is 25.0. The standard InChI is InChI=1S/C33H37N5O/c1-23(39)25-6-4-7-26(17-25)27-13-15-35-33(18-27)38-22-28-5-2-3-8-31(28)36-20-29-21-37(16-14-32(29)38)30-11-9-24(19-34)10-12-30/h4,6-7,9-13,15,17-18,28-29,31-32,36H,2-3,5,8,14,16,20-22H2,1H3. The molecule has 6 nitrogen and oxygen atoms in total. The predicted octanol–water partition coefficient (Wildman–Crippen LogP) is 5.69. The Balaban J connectivity index is 1.31. The molecular weight excluding hydrogens is 482 g/mol. The second-order valence-corrected chi connectivity index (χ2v) is 11.5. The molecule has 2 aromatic carbocycles. The summed E-state index contributed by atoms with van der Waals surface area (Å²) in [6.45, 7) is 5.63.